The van der Waals surface area contributed by atoms with Gasteiger partial charge in [0.15, 0.2) is 11.5 Å². The summed E-state index contributed by atoms with van der Waals surface area (Å²) in [5.74, 6) is 1.84. The third-order valence-corrected chi connectivity index (χ3v) is 2.17. The van der Waals surface area contributed by atoms with E-state index in [4.69, 9.17) is 15.2 Å². The molecule has 1 aromatic carbocycles. The summed E-state index contributed by atoms with van der Waals surface area (Å²) in [7, 11) is 0. The Morgan fingerprint density at radius 2 is 1.85 bits per heavy atom. The van der Waals surface area contributed by atoms with E-state index in [1.165, 1.54) is 0 Å². The van der Waals surface area contributed by atoms with E-state index in [0.29, 0.717) is 6.54 Å². The molecule has 0 fully saturated rings. The van der Waals surface area contributed by atoms with E-state index in [1.54, 1.807) is 0 Å². The van der Waals surface area contributed by atoms with E-state index in [9.17, 15) is 0 Å². The van der Waals surface area contributed by atoms with Crippen molar-refractivity contribution in [1.29, 1.82) is 0 Å². The fourth-order valence-corrected chi connectivity index (χ4v) is 1.26. The van der Waals surface area contributed by atoms with Crippen LogP contribution in [0.15, 0.2) is 24.3 Å². The summed E-state index contributed by atoms with van der Waals surface area (Å²) in [4.78, 5) is 0. The molecular formula is C10H13NO2. The first kappa shape index (κ1) is 8.38. The second-order valence-corrected chi connectivity index (χ2v) is 3.26. The number of benzene rings is 1. The lowest BCUT2D eigenvalue weighted by Gasteiger charge is -2.15. The molecule has 0 amide bonds. The standard InChI is InChI=1S/C10H13NO2/c1-7(6-11)10-12-8-4-2-3-5-9(8)13-10/h2-5,7,10H,6,11H2,1H3. The number of para-hydroxylation sites is 2. The Hall–Kier alpha value is -1.22. The molecule has 2 N–H and O–H groups in total. The lowest BCUT2D eigenvalue weighted by atomic mass is 10.2. The monoisotopic (exact) mass is 179 g/mol. The lowest BCUT2D eigenvalue weighted by molar-refractivity contribution is 0.00580. The van der Waals surface area contributed by atoms with Gasteiger partial charge in [0.25, 0.3) is 0 Å². The Morgan fingerprint density at radius 1 is 1.31 bits per heavy atom. The summed E-state index contributed by atoms with van der Waals surface area (Å²) < 4.78 is 11.1. The molecule has 0 saturated heterocycles. The van der Waals surface area contributed by atoms with E-state index in [0.717, 1.165) is 11.5 Å². The first-order valence-electron chi connectivity index (χ1n) is 4.43. The Kier molecular flexibility index (Phi) is 2.10. The highest BCUT2D eigenvalue weighted by Gasteiger charge is 2.27. The summed E-state index contributed by atoms with van der Waals surface area (Å²) in [6.07, 6.45) is -0.220. The van der Waals surface area contributed by atoms with Crippen molar-refractivity contribution in [1.82, 2.24) is 0 Å². The topological polar surface area (TPSA) is 44.5 Å². The van der Waals surface area contributed by atoms with Crippen LogP contribution >= 0.6 is 0 Å². The molecule has 1 atom stereocenters. The van der Waals surface area contributed by atoms with Gasteiger partial charge in [0.2, 0.25) is 6.29 Å². The molecule has 2 rings (SSSR count). The highest BCUT2D eigenvalue weighted by atomic mass is 16.7. The molecule has 0 saturated carbocycles. The third-order valence-electron chi connectivity index (χ3n) is 2.17. The van der Waals surface area contributed by atoms with Gasteiger partial charge in [-0.2, -0.15) is 0 Å². The minimum atomic E-state index is -0.220. The highest BCUT2D eigenvalue weighted by Crippen LogP contribution is 2.35. The number of ether oxygens (including phenoxy) is 2. The zero-order valence-electron chi connectivity index (χ0n) is 7.57. The largest absolute Gasteiger partial charge is 0.451 e. The minimum absolute atomic E-state index is 0.215. The highest BCUT2D eigenvalue weighted by molar-refractivity contribution is 5.41. The lowest BCUT2D eigenvalue weighted by Crippen LogP contribution is -2.31. The van der Waals surface area contributed by atoms with Crippen molar-refractivity contribution in [3.05, 3.63) is 24.3 Å². The van der Waals surface area contributed by atoms with Gasteiger partial charge in [0.05, 0.1) is 0 Å². The van der Waals surface area contributed by atoms with Gasteiger partial charge in [0, 0.05) is 12.5 Å². The first-order chi connectivity index (χ1) is 6.31. The second-order valence-electron chi connectivity index (χ2n) is 3.26. The van der Waals surface area contributed by atoms with Gasteiger partial charge in [-0.05, 0) is 12.1 Å². The van der Waals surface area contributed by atoms with Crippen LogP contribution in [0.3, 0.4) is 0 Å². The van der Waals surface area contributed by atoms with Crippen LogP contribution in [0.5, 0.6) is 11.5 Å². The average molecular weight is 179 g/mol. The zero-order chi connectivity index (χ0) is 9.26. The third kappa shape index (κ3) is 1.47. The summed E-state index contributed by atoms with van der Waals surface area (Å²) in [5, 5.41) is 0. The molecule has 13 heavy (non-hydrogen) atoms. The average Bonchev–Trinajstić information content (AvgIpc) is 2.59. The van der Waals surface area contributed by atoms with Gasteiger partial charge >= 0.3 is 0 Å². The Morgan fingerprint density at radius 3 is 2.31 bits per heavy atom. The van der Waals surface area contributed by atoms with Crippen LogP contribution in [0, 0.1) is 5.92 Å². The molecule has 0 bridgehead atoms. The molecule has 0 radical (unpaired) electrons. The molecule has 1 unspecified atom stereocenters. The molecule has 1 aromatic rings. The van der Waals surface area contributed by atoms with Gasteiger partial charge in [-0.1, -0.05) is 19.1 Å². The molecule has 1 heterocycles. The molecule has 1 aliphatic heterocycles. The van der Waals surface area contributed by atoms with Crippen LogP contribution in [0.2, 0.25) is 0 Å². The molecule has 3 nitrogen and oxygen atoms in total. The molecule has 3 heteroatoms. The maximum atomic E-state index is 5.56. The van der Waals surface area contributed by atoms with E-state index in [1.807, 2.05) is 31.2 Å². The van der Waals surface area contributed by atoms with Gasteiger partial charge in [-0.15, -0.1) is 0 Å². The maximum absolute atomic E-state index is 5.56. The number of fused-ring (bicyclic) bond motifs is 1. The smallest absolute Gasteiger partial charge is 0.245 e. The SMILES string of the molecule is CC(CN)C1Oc2ccccc2O1. The maximum Gasteiger partial charge on any atom is 0.245 e. The van der Waals surface area contributed by atoms with Crippen LogP contribution in [0.1, 0.15) is 6.92 Å². The van der Waals surface area contributed by atoms with Gasteiger partial charge < -0.3 is 15.2 Å². The van der Waals surface area contributed by atoms with E-state index >= 15 is 0 Å². The van der Waals surface area contributed by atoms with Crippen LogP contribution in [-0.4, -0.2) is 12.8 Å². The zero-order valence-corrected chi connectivity index (χ0v) is 7.57. The van der Waals surface area contributed by atoms with E-state index in [-0.39, 0.29) is 12.2 Å². The van der Waals surface area contributed by atoms with Crippen molar-refractivity contribution >= 4 is 0 Å². The van der Waals surface area contributed by atoms with Gasteiger partial charge in [-0.3, -0.25) is 0 Å². The number of hydrogen-bond acceptors (Lipinski definition) is 3. The van der Waals surface area contributed by atoms with Crippen molar-refractivity contribution < 1.29 is 9.47 Å². The Bertz CT molecular complexity index is 276. The van der Waals surface area contributed by atoms with E-state index in [2.05, 4.69) is 0 Å². The van der Waals surface area contributed by atoms with Gasteiger partial charge in [0.1, 0.15) is 0 Å². The van der Waals surface area contributed by atoms with Gasteiger partial charge in [-0.25, -0.2) is 0 Å². The fraction of sp³-hybridized carbons (Fsp3) is 0.400. The summed E-state index contributed by atoms with van der Waals surface area (Å²) in [5.41, 5.74) is 5.53. The van der Waals surface area contributed by atoms with Crippen LogP contribution < -0.4 is 15.2 Å². The van der Waals surface area contributed by atoms with Crippen LogP contribution in [0.4, 0.5) is 0 Å². The second kappa shape index (κ2) is 3.26. The predicted octanol–water partition coefficient (Wildman–Crippen LogP) is 1.38. The minimum Gasteiger partial charge on any atom is -0.451 e. The van der Waals surface area contributed by atoms with Crippen molar-refractivity contribution in [2.45, 2.75) is 13.2 Å². The van der Waals surface area contributed by atoms with Crippen molar-refractivity contribution in [2.24, 2.45) is 11.7 Å². The molecule has 1 aliphatic rings. The Labute approximate surface area is 77.5 Å². The number of hydrogen-bond donors (Lipinski definition) is 1. The summed E-state index contributed by atoms with van der Waals surface area (Å²) in [6, 6.07) is 7.66. The number of nitrogens with two attached hydrogens (primary N) is 1. The van der Waals surface area contributed by atoms with Crippen LogP contribution in [-0.2, 0) is 0 Å². The predicted molar refractivity (Wildman–Crippen MR) is 49.7 cm³/mol. The summed E-state index contributed by atoms with van der Waals surface area (Å²) in [6.45, 7) is 2.58. The molecule has 70 valence electrons. The first-order valence-corrected chi connectivity index (χ1v) is 4.43. The molecule has 0 aromatic heterocycles. The van der Waals surface area contributed by atoms with E-state index < -0.39 is 0 Å². The quantitative estimate of drug-likeness (QED) is 0.745. The summed E-state index contributed by atoms with van der Waals surface area (Å²) >= 11 is 0. The normalized spacial score (nSPS) is 17.4. The molecular weight excluding hydrogens is 166 g/mol. The van der Waals surface area contributed by atoms with Crippen molar-refractivity contribution in [2.75, 3.05) is 6.54 Å². The fourth-order valence-electron chi connectivity index (χ4n) is 1.26. The molecule has 0 spiro atoms. The van der Waals surface area contributed by atoms with Crippen molar-refractivity contribution in [3.8, 4) is 11.5 Å². The number of rotatable bonds is 2. The Balaban J connectivity index is 2.14. The van der Waals surface area contributed by atoms with Crippen molar-refractivity contribution in [3.63, 3.8) is 0 Å². The molecule has 0 aliphatic carbocycles. The van der Waals surface area contributed by atoms with Crippen LogP contribution in [0.25, 0.3) is 0 Å².